The van der Waals surface area contributed by atoms with E-state index in [2.05, 4.69) is 20.9 Å². The lowest BCUT2D eigenvalue weighted by atomic mass is 9.97. The number of benzene rings is 2. The molecule has 0 radical (unpaired) electrons. The SMILES string of the molecule is CCC(C)[C@H](NC(=O)[C@H](CCCN=C(N)N)NC(=O)OCC1c2ccccc2-c2ccccc21)C(=O)N[C@H](/C=C/S(C)(=O)=O)CC(=O)O. The lowest BCUT2D eigenvalue weighted by Gasteiger charge is -2.27. The molecule has 48 heavy (non-hydrogen) atoms. The zero-order chi connectivity index (χ0) is 35.4. The highest BCUT2D eigenvalue weighted by atomic mass is 32.2. The van der Waals surface area contributed by atoms with Crippen LogP contribution in [0.1, 0.15) is 56.6 Å². The lowest BCUT2D eigenvalue weighted by molar-refractivity contribution is -0.137. The maximum Gasteiger partial charge on any atom is 0.407 e. The van der Waals surface area contributed by atoms with Gasteiger partial charge in [-0.3, -0.25) is 19.4 Å². The second kappa shape index (κ2) is 17.3. The summed E-state index contributed by atoms with van der Waals surface area (Å²) in [6, 6.07) is 12.3. The molecule has 3 amide bonds. The van der Waals surface area contributed by atoms with Crippen molar-refractivity contribution in [1.82, 2.24) is 16.0 Å². The van der Waals surface area contributed by atoms with Gasteiger partial charge in [-0.05, 0) is 41.0 Å². The van der Waals surface area contributed by atoms with Crippen LogP contribution in [-0.4, -0.2) is 80.9 Å². The molecule has 2 aromatic carbocycles. The number of carboxylic acid groups (broad SMARTS) is 1. The zero-order valence-corrected chi connectivity index (χ0v) is 28.0. The first-order valence-corrected chi connectivity index (χ1v) is 17.5. The van der Waals surface area contributed by atoms with Crippen molar-refractivity contribution in [2.75, 3.05) is 19.4 Å². The number of aliphatic imine (C=N–C) groups is 1. The molecule has 2 aromatic rings. The Hall–Kier alpha value is -4.92. The number of aliphatic carboxylic acids is 1. The number of guanidine groups is 1. The monoisotopic (exact) mass is 684 g/mol. The molecule has 0 saturated carbocycles. The van der Waals surface area contributed by atoms with E-state index in [1.165, 1.54) is 0 Å². The first-order valence-electron chi connectivity index (χ1n) is 15.6. The fraction of sp³-hybridized carbons (Fsp3) is 0.424. The quantitative estimate of drug-likeness (QED) is 0.0806. The van der Waals surface area contributed by atoms with Crippen LogP contribution in [-0.2, 0) is 29.0 Å². The molecule has 3 rings (SSSR count). The Balaban J connectivity index is 1.75. The number of amides is 3. The van der Waals surface area contributed by atoms with Crippen LogP contribution in [0.2, 0.25) is 0 Å². The Morgan fingerprint density at radius 3 is 2.12 bits per heavy atom. The van der Waals surface area contributed by atoms with Crippen LogP contribution in [0.5, 0.6) is 0 Å². The summed E-state index contributed by atoms with van der Waals surface area (Å²) in [4.78, 5) is 55.4. The summed E-state index contributed by atoms with van der Waals surface area (Å²) >= 11 is 0. The van der Waals surface area contributed by atoms with Crippen LogP contribution >= 0.6 is 0 Å². The Labute approximate surface area is 280 Å². The van der Waals surface area contributed by atoms with E-state index in [0.717, 1.165) is 40.0 Å². The van der Waals surface area contributed by atoms with Crippen molar-refractivity contribution in [3.8, 4) is 11.1 Å². The van der Waals surface area contributed by atoms with Crippen LogP contribution in [0.15, 0.2) is 65.0 Å². The number of nitrogens with zero attached hydrogens (tertiary/aromatic N) is 1. The smallest absolute Gasteiger partial charge is 0.407 e. The maximum atomic E-state index is 13.6. The normalized spacial score (nSPS) is 14.9. The van der Waals surface area contributed by atoms with Gasteiger partial charge in [-0.2, -0.15) is 0 Å². The molecule has 1 aliphatic rings. The van der Waals surface area contributed by atoms with E-state index >= 15 is 0 Å². The van der Waals surface area contributed by atoms with Crippen LogP contribution in [0.25, 0.3) is 11.1 Å². The predicted octanol–water partition coefficient (Wildman–Crippen LogP) is 2.00. The van der Waals surface area contributed by atoms with Crippen LogP contribution in [0.3, 0.4) is 0 Å². The first-order chi connectivity index (χ1) is 22.7. The van der Waals surface area contributed by atoms with Crippen molar-refractivity contribution >= 4 is 39.7 Å². The summed E-state index contributed by atoms with van der Waals surface area (Å²) < 4.78 is 28.9. The minimum atomic E-state index is -3.60. The van der Waals surface area contributed by atoms with Gasteiger partial charge >= 0.3 is 12.1 Å². The number of rotatable bonds is 17. The summed E-state index contributed by atoms with van der Waals surface area (Å²) in [7, 11) is -3.60. The number of hydrogen-bond donors (Lipinski definition) is 6. The lowest BCUT2D eigenvalue weighted by Crippen LogP contribution is -2.57. The van der Waals surface area contributed by atoms with Gasteiger partial charge in [0.05, 0.1) is 12.5 Å². The average molecular weight is 685 g/mol. The van der Waals surface area contributed by atoms with Crippen molar-refractivity contribution in [3.05, 3.63) is 71.1 Å². The molecular formula is C33H44N6O8S. The summed E-state index contributed by atoms with van der Waals surface area (Å²) in [6.07, 6.45) is 1.43. The van der Waals surface area contributed by atoms with Crippen LogP contribution in [0, 0.1) is 5.92 Å². The van der Waals surface area contributed by atoms with Gasteiger partial charge in [-0.15, -0.1) is 0 Å². The molecule has 260 valence electrons. The molecule has 0 spiro atoms. The zero-order valence-electron chi connectivity index (χ0n) is 27.2. The third-order valence-corrected chi connectivity index (χ3v) is 8.62. The van der Waals surface area contributed by atoms with Crippen LogP contribution in [0.4, 0.5) is 4.79 Å². The molecule has 0 bridgehead atoms. The van der Waals surface area contributed by atoms with E-state index in [9.17, 15) is 32.7 Å². The molecule has 15 heteroatoms. The minimum Gasteiger partial charge on any atom is -0.481 e. The number of ether oxygens (including phenoxy) is 1. The minimum absolute atomic E-state index is 0.0199. The van der Waals surface area contributed by atoms with E-state index in [0.29, 0.717) is 12.8 Å². The second-order valence-electron chi connectivity index (χ2n) is 11.7. The highest BCUT2D eigenvalue weighted by Crippen LogP contribution is 2.44. The van der Waals surface area contributed by atoms with Gasteiger partial charge in [-0.1, -0.05) is 74.9 Å². The first kappa shape index (κ1) is 37.5. The van der Waals surface area contributed by atoms with Crippen molar-refractivity contribution in [3.63, 3.8) is 0 Å². The van der Waals surface area contributed by atoms with Gasteiger partial charge in [-0.25, -0.2) is 13.2 Å². The number of carbonyl (C=O) groups excluding carboxylic acids is 3. The standard InChI is InChI=1S/C33H44N6O8S/c1-4-20(2)29(31(43)37-21(18-28(40)41)15-17-48(3,45)46)39-30(42)27(14-9-16-36-32(34)35)38-33(44)47-19-26-24-12-7-5-10-22(24)23-11-6-8-13-25(23)26/h5-8,10-13,15,17,20-21,26-27,29H,4,9,14,16,18-19H2,1-3H3,(H,37,43)(H,38,44)(H,39,42)(H,40,41)(H4,34,35,36)/b17-15+/t20?,21-,27+,29+/m1/s1. The van der Waals surface area contributed by atoms with Crippen molar-refractivity contribution < 1.29 is 37.4 Å². The van der Waals surface area contributed by atoms with Gasteiger partial charge in [0, 0.05) is 24.1 Å². The third-order valence-electron chi connectivity index (χ3n) is 7.97. The summed E-state index contributed by atoms with van der Waals surface area (Å²) in [5, 5.41) is 17.9. The number of sulfone groups is 1. The number of carboxylic acids is 1. The van der Waals surface area contributed by atoms with Gasteiger partial charge in [0.15, 0.2) is 15.8 Å². The highest BCUT2D eigenvalue weighted by Gasteiger charge is 2.32. The van der Waals surface area contributed by atoms with Crippen molar-refractivity contribution in [2.45, 2.75) is 63.6 Å². The number of alkyl carbamates (subject to hydrolysis) is 1. The van der Waals surface area contributed by atoms with E-state index < -0.39 is 64.2 Å². The topological polar surface area (TPSA) is 232 Å². The number of carbonyl (C=O) groups is 4. The predicted molar refractivity (Wildman–Crippen MR) is 181 cm³/mol. The average Bonchev–Trinajstić information content (AvgIpc) is 3.35. The maximum absolute atomic E-state index is 13.6. The summed E-state index contributed by atoms with van der Waals surface area (Å²) in [6.45, 7) is 3.72. The Morgan fingerprint density at radius 2 is 1.58 bits per heavy atom. The molecule has 14 nitrogen and oxygen atoms in total. The van der Waals surface area contributed by atoms with E-state index in [1.807, 2.05) is 48.5 Å². The van der Waals surface area contributed by atoms with Gasteiger partial charge in [0.2, 0.25) is 11.8 Å². The number of nitrogens with two attached hydrogens (primary N) is 2. The molecule has 1 unspecified atom stereocenters. The highest BCUT2D eigenvalue weighted by molar-refractivity contribution is 7.93. The largest absolute Gasteiger partial charge is 0.481 e. The van der Waals surface area contributed by atoms with Crippen molar-refractivity contribution in [1.29, 1.82) is 0 Å². The number of fused-ring (bicyclic) bond motifs is 3. The fourth-order valence-electron chi connectivity index (χ4n) is 5.38. The van der Waals surface area contributed by atoms with E-state index in [4.69, 9.17) is 16.2 Å². The van der Waals surface area contributed by atoms with Crippen LogP contribution < -0.4 is 27.4 Å². The number of nitrogens with one attached hydrogen (secondary N) is 3. The Morgan fingerprint density at radius 1 is 0.979 bits per heavy atom. The summed E-state index contributed by atoms with van der Waals surface area (Å²) in [5.74, 6) is -3.43. The Bertz CT molecular complexity index is 1590. The Kier molecular flexibility index (Phi) is 13.5. The fourth-order valence-corrected chi connectivity index (χ4v) is 5.85. The van der Waals surface area contributed by atoms with Gasteiger partial charge < -0.3 is 37.3 Å². The van der Waals surface area contributed by atoms with Crippen molar-refractivity contribution in [2.24, 2.45) is 22.4 Å². The van der Waals surface area contributed by atoms with E-state index in [-0.39, 0.29) is 31.4 Å². The molecule has 1 aliphatic carbocycles. The van der Waals surface area contributed by atoms with E-state index in [1.54, 1.807) is 13.8 Å². The van der Waals surface area contributed by atoms with Gasteiger partial charge in [0.1, 0.15) is 18.7 Å². The van der Waals surface area contributed by atoms with Gasteiger partial charge in [0.25, 0.3) is 0 Å². The molecule has 0 saturated heterocycles. The molecule has 0 heterocycles. The molecule has 0 aliphatic heterocycles. The summed E-state index contributed by atoms with van der Waals surface area (Å²) in [5.41, 5.74) is 15.0. The molecule has 4 atom stereocenters. The number of hydrogen-bond acceptors (Lipinski definition) is 8. The third kappa shape index (κ3) is 11.1. The molecule has 0 fully saturated rings. The molecule has 8 N–H and O–H groups in total. The second-order valence-corrected chi connectivity index (χ2v) is 13.6. The molecule has 0 aromatic heterocycles. The molecular weight excluding hydrogens is 640 g/mol.